The second-order valence-corrected chi connectivity index (χ2v) is 6.27. The van der Waals surface area contributed by atoms with E-state index in [0.29, 0.717) is 18.1 Å². The zero-order valence-electron chi connectivity index (χ0n) is 10.7. The maximum Gasteiger partial charge on any atom is 0.0586 e. The smallest absolute Gasteiger partial charge is 0.0586 e. The van der Waals surface area contributed by atoms with Crippen molar-refractivity contribution in [2.75, 3.05) is 26.2 Å². The number of hydrogen-bond donors (Lipinski definition) is 2. The van der Waals surface area contributed by atoms with Crippen LogP contribution in [0.25, 0.3) is 0 Å². The van der Waals surface area contributed by atoms with Crippen LogP contribution >= 0.6 is 0 Å². The minimum Gasteiger partial charge on any atom is -0.395 e. The predicted octanol–water partition coefficient (Wildman–Crippen LogP) is 1.22. The van der Waals surface area contributed by atoms with Crippen molar-refractivity contribution in [2.24, 2.45) is 5.41 Å². The first-order valence-electron chi connectivity index (χ1n) is 6.69. The molecule has 1 unspecified atom stereocenters. The van der Waals surface area contributed by atoms with Gasteiger partial charge in [0, 0.05) is 25.2 Å². The van der Waals surface area contributed by atoms with Crippen molar-refractivity contribution in [1.29, 1.82) is 0 Å². The van der Waals surface area contributed by atoms with E-state index in [-0.39, 0.29) is 0 Å². The topological polar surface area (TPSA) is 35.5 Å². The van der Waals surface area contributed by atoms with Gasteiger partial charge in [-0.3, -0.25) is 4.90 Å². The lowest BCUT2D eigenvalue weighted by atomic mass is 9.92. The molecule has 0 amide bonds. The molecule has 3 heteroatoms. The second kappa shape index (κ2) is 5.03. The van der Waals surface area contributed by atoms with E-state index in [9.17, 15) is 5.11 Å². The molecule has 1 aliphatic heterocycles. The Morgan fingerprint density at radius 1 is 1.31 bits per heavy atom. The normalized spacial score (nSPS) is 27.6. The number of aliphatic hydroxyl groups excluding tert-OH is 1. The van der Waals surface area contributed by atoms with Crippen molar-refractivity contribution in [3.05, 3.63) is 0 Å². The molecule has 0 spiro atoms. The number of likely N-dealkylation sites (tertiary alicyclic amines) is 1. The van der Waals surface area contributed by atoms with E-state index in [1.165, 1.54) is 25.7 Å². The van der Waals surface area contributed by atoms with Gasteiger partial charge in [0.05, 0.1) is 6.61 Å². The summed E-state index contributed by atoms with van der Waals surface area (Å²) in [5, 5.41) is 12.9. The highest BCUT2D eigenvalue weighted by Gasteiger charge is 2.31. The third kappa shape index (κ3) is 3.44. The molecule has 1 saturated heterocycles. The molecule has 3 nitrogen and oxygen atoms in total. The van der Waals surface area contributed by atoms with Crippen LogP contribution in [0.3, 0.4) is 0 Å². The predicted molar refractivity (Wildman–Crippen MR) is 66.5 cm³/mol. The largest absolute Gasteiger partial charge is 0.395 e. The van der Waals surface area contributed by atoms with Crippen LogP contribution in [0, 0.1) is 5.41 Å². The first-order valence-corrected chi connectivity index (χ1v) is 6.69. The Labute approximate surface area is 99.2 Å². The lowest BCUT2D eigenvalue weighted by Gasteiger charge is -2.33. The van der Waals surface area contributed by atoms with Crippen molar-refractivity contribution in [2.45, 2.75) is 51.6 Å². The minimum absolute atomic E-state index is 0.320. The zero-order valence-corrected chi connectivity index (χ0v) is 10.7. The van der Waals surface area contributed by atoms with E-state index >= 15 is 0 Å². The Morgan fingerprint density at radius 3 is 2.69 bits per heavy atom. The molecule has 1 heterocycles. The Morgan fingerprint density at radius 2 is 2.06 bits per heavy atom. The van der Waals surface area contributed by atoms with Crippen molar-refractivity contribution >= 4 is 0 Å². The summed E-state index contributed by atoms with van der Waals surface area (Å²) in [4.78, 5) is 2.47. The van der Waals surface area contributed by atoms with E-state index in [1.54, 1.807) is 0 Å². The molecular weight excluding hydrogens is 200 g/mol. The Kier molecular flexibility index (Phi) is 3.88. The van der Waals surface area contributed by atoms with E-state index in [0.717, 1.165) is 25.7 Å². The van der Waals surface area contributed by atoms with Crippen LogP contribution in [0.2, 0.25) is 0 Å². The fraction of sp³-hybridized carbons (Fsp3) is 1.00. The zero-order chi connectivity index (χ0) is 11.6. The van der Waals surface area contributed by atoms with Crippen molar-refractivity contribution in [3.8, 4) is 0 Å². The molecule has 0 aromatic carbocycles. The maximum atomic E-state index is 9.30. The van der Waals surface area contributed by atoms with Gasteiger partial charge in [0.1, 0.15) is 0 Å². The molecule has 0 radical (unpaired) electrons. The highest BCUT2D eigenvalue weighted by atomic mass is 16.3. The standard InChI is InChI=1S/C13H26N2O/c1-13(2,9-14-11-5-6-11)10-15-7-3-4-12(15)8-16/h11-12,14,16H,3-10H2,1-2H3. The van der Waals surface area contributed by atoms with Crippen LogP contribution in [-0.4, -0.2) is 48.3 Å². The van der Waals surface area contributed by atoms with Crippen molar-refractivity contribution in [1.82, 2.24) is 10.2 Å². The Hall–Kier alpha value is -0.120. The third-order valence-corrected chi connectivity index (χ3v) is 3.79. The van der Waals surface area contributed by atoms with Gasteiger partial charge in [-0.05, 0) is 37.6 Å². The molecule has 1 saturated carbocycles. The first kappa shape index (κ1) is 12.3. The Balaban J connectivity index is 1.76. The highest BCUT2D eigenvalue weighted by molar-refractivity contribution is 4.88. The average Bonchev–Trinajstić information content (AvgIpc) is 2.96. The van der Waals surface area contributed by atoms with Crippen molar-refractivity contribution < 1.29 is 5.11 Å². The maximum absolute atomic E-state index is 9.30. The van der Waals surface area contributed by atoms with E-state index in [2.05, 4.69) is 24.1 Å². The molecule has 0 aromatic rings. The lowest BCUT2D eigenvalue weighted by molar-refractivity contribution is 0.116. The van der Waals surface area contributed by atoms with Crippen LogP contribution in [0.15, 0.2) is 0 Å². The number of aliphatic hydroxyl groups is 1. The van der Waals surface area contributed by atoms with Gasteiger partial charge in [-0.25, -0.2) is 0 Å². The monoisotopic (exact) mass is 226 g/mol. The minimum atomic E-state index is 0.320. The Bertz CT molecular complexity index is 226. The number of hydrogen-bond acceptors (Lipinski definition) is 3. The van der Waals surface area contributed by atoms with Gasteiger partial charge in [0.15, 0.2) is 0 Å². The fourth-order valence-corrected chi connectivity index (χ4v) is 2.62. The summed E-state index contributed by atoms with van der Waals surface area (Å²) in [5.41, 5.74) is 0.320. The molecule has 94 valence electrons. The van der Waals surface area contributed by atoms with Gasteiger partial charge >= 0.3 is 0 Å². The lowest BCUT2D eigenvalue weighted by Crippen LogP contribution is -2.43. The van der Waals surface area contributed by atoms with Gasteiger partial charge in [0.2, 0.25) is 0 Å². The summed E-state index contributed by atoms with van der Waals surface area (Å²) in [6.45, 7) is 8.36. The summed E-state index contributed by atoms with van der Waals surface area (Å²) in [6, 6.07) is 1.21. The van der Waals surface area contributed by atoms with Gasteiger partial charge in [-0.15, -0.1) is 0 Å². The molecule has 1 aliphatic carbocycles. The SMILES string of the molecule is CC(C)(CNC1CC1)CN1CCCC1CO. The molecule has 1 atom stereocenters. The van der Waals surface area contributed by atoms with Crippen LogP contribution in [0.5, 0.6) is 0 Å². The summed E-state index contributed by atoms with van der Waals surface area (Å²) in [6.07, 6.45) is 5.14. The number of rotatable bonds is 6. The number of nitrogens with zero attached hydrogens (tertiary/aromatic N) is 1. The number of nitrogens with one attached hydrogen (secondary N) is 1. The van der Waals surface area contributed by atoms with E-state index < -0.39 is 0 Å². The highest BCUT2D eigenvalue weighted by Crippen LogP contribution is 2.25. The van der Waals surface area contributed by atoms with Gasteiger partial charge in [-0.2, -0.15) is 0 Å². The van der Waals surface area contributed by atoms with Crippen LogP contribution in [-0.2, 0) is 0 Å². The molecule has 2 aliphatic rings. The molecule has 2 rings (SSSR count). The van der Waals surface area contributed by atoms with E-state index in [4.69, 9.17) is 0 Å². The first-order chi connectivity index (χ1) is 7.61. The molecule has 2 fully saturated rings. The molecule has 2 N–H and O–H groups in total. The van der Waals surface area contributed by atoms with E-state index in [1.807, 2.05) is 0 Å². The summed E-state index contributed by atoms with van der Waals surface area (Å²) in [7, 11) is 0. The van der Waals surface area contributed by atoms with Gasteiger partial charge < -0.3 is 10.4 Å². The van der Waals surface area contributed by atoms with Crippen molar-refractivity contribution in [3.63, 3.8) is 0 Å². The molecule has 0 aromatic heterocycles. The fourth-order valence-electron chi connectivity index (χ4n) is 2.62. The quantitative estimate of drug-likeness (QED) is 0.715. The summed E-state index contributed by atoms with van der Waals surface area (Å²) >= 11 is 0. The van der Waals surface area contributed by atoms with Crippen LogP contribution < -0.4 is 5.32 Å². The summed E-state index contributed by atoms with van der Waals surface area (Å²) < 4.78 is 0. The second-order valence-electron chi connectivity index (χ2n) is 6.27. The molecular formula is C13H26N2O. The summed E-state index contributed by atoms with van der Waals surface area (Å²) in [5.74, 6) is 0. The van der Waals surface area contributed by atoms with Crippen LogP contribution in [0.1, 0.15) is 39.5 Å². The molecule has 16 heavy (non-hydrogen) atoms. The third-order valence-electron chi connectivity index (χ3n) is 3.79. The van der Waals surface area contributed by atoms with Gasteiger partial charge in [0.25, 0.3) is 0 Å². The average molecular weight is 226 g/mol. The van der Waals surface area contributed by atoms with Crippen LogP contribution in [0.4, 0.5) is 0 Å². The van der Waals surface area contributed by atoms with Gasteiger partial charge in [-0.1, -0.05) is 13.8 Å². The molecule has 0 bridgehead atoms.